The third-order valence-electron chi connectivity index (χ3n) is 6.76. The zero-order chi connectivity index (χ0) is 26.3. The second-order valence-electron chi connectivity index (χ2n) is 10.2. The summed E-state index contributed by atoms with van der Waals surface area (Å²) in [4.78, 5) is 37.5. The lowest BCUT2D eigenvalue weighted by Crippen LogP contribution is -2.32. The topological polar surface area (TPSA) is 120 Å². The highest BCUT2D eigenvalue weighted by Crippen LogP contribution is 2.32. The van der Waals surface area contributed by atoms with E-state index in [1.807, 2.05) is 25.9 Å². The smallest absolute Gasteiger partial charge is 0.261 e. The van der Waals surface area contributed by atoms with E-state index in [-0.39, 0.29) is 17.9 Å². The molecule has 0 fully saturated rings. The zero-order valence-electron chi connectivity index (χ0n) is 22.4. The first-order valence-electron chi connectivity index (χ1n) is 12.8. The Balaban J connectivity index is 1.47. The average molecular weight is 503 g/mol. The Kier molecular flexibility index (Phi) is 6.72. The molecule has 0 radical (unpaired) electrons. The maximum absolute atomic E-state index is 12.9. The van der Waals surface area contributed by atoms with Crippen molar-refractivity contribution in [3.05, 3.63) is 41.5 Å². The lowest BCUT2D eigenvalue weighted by atomic mass is 9.89. The molecular weight excluding hydrogens is 468 g/mol. The van der Waals surface area contributed by atoms with Crippen LogP contribution in [0.5, 0.6) is 0 Å². The lowest BCUT2D eigenvalue weighted by molar-refractivity contribution is 0.0855. The van der Waals surface area contributed by atoms with E-state index >= 15 is 0 Å². The minimum atomic E-state index is 0.00906. The Labute approximate surface area is 216 Å². The van der Waals surface area contributed by atoms with Crippen LogP contribution in [0.25, 0.3) is 22.6 Å². The summed E-state index contributed by atoms with van der Waals surface area (Å²) < 4.78 is 3.70. The summed E-state index contributed by atoms with van der Waals surface area (Å²) in [5, 5.41) is 8.40. The lowest BCUT2D eigenvalue weighted by Gasteiger charge is -2.25. The fourth-order valence-corrected chi connectivity index (χ4v) is 5.04. The number of fused-ring (bicyclic) bond motifs is 2. The van der Waals surface area contributed by atoms with Crippen LogP contribution in [-0.4, -0.2) is 76.8 Å². The molecule has 5 rings (SSSR count). The van der Waals surface area contributed by atoms with Gasteiger partial charge in [-0.2, -0.15) is 5.10 Å². The molecule has 0 aliphatic heterocycles. The third kappa shape index (κ3) is 4.71. The van der Waals surface area contributed by atoms with Gasteiger partial charge in [0.1, 0.15) is 18.0 Å². The maximum atomic E-state index is 12.9. The average Bonchev–Trinajstić information content (AvgIpc) is 3.43. The number of nitrogens with one attached hydrogen (secondary N) is 1. The van der Waals surface area contributed by atoms with E-state index in [1.54, 1.807) is 23.4 Å². The highest BCUT2D eigenvalue weighted by molar-refractivity contribution is 5.86. The molecule has 0 bridgehead atoms. The number of nitrogens with zero attached hydrogens (tertiary/aromatic N) is 9. The largest absolute Gasteiger partial charge is 0.365 e. The second-order valence-corrected chi connectivity index (χ2v) is 10.2. The molecule has 0 aromatic carbocycles. The Morgan fingerprint density at radius 3 is 2.62 bits per heavy atom. The van der Waals surface area contributed by atoms with Gasteiger partial charge in [0.05, 0.1) is 23.5 Å². The van der Waals surface area contributed by atoms with E-state index in [1.165, 1.54) is 5.56 Å². The molecule has 0 saturated carbocycles. The van der Waals surface area contributed by atoms with Crippen LogP contribution in [0.1, 0.15) is 60.7 Å². The van der Waals surface area contributed by atoms with Crippen LogP contribution in [0.3, 0.4) is 0 Å². The van der Waals surface area contributed by atoms with Gasteiger partial charge in [-0.1, -0.05) is 13.8 Å². The van der Waals surface area contributed by atoms with E-state index < -0.39 is 0 Å². The second kappa shape index (κ2) is 9.97. The molecule has 0 unspecified atom stereocenters. The number of carbonyl (C=O) groups is 1. The van der Waals surface area contributed by atoms with Gasteiger partial charge in [-0.15, -0.1) is 0 Å². The molecule has 1 N–H and O–H groups in total. The van der Waals surface area contributed by atoms with Crippen molar-refractivity contribution in [3.8, 4) is 11.4 Å². The first-order valence-corrected chi connectivity index (χ1v) is 12.8. The van der Waals surface area contributed by atoms with Crippen LogP contribution in [0, 0.1) is 6.92 Å². The molecular formula is C26H34N10O. The SMILES string of the molecule is CCn1c(-c2cnc(C)nc2)nc2c(N[C@@H]3CCc4c(c(C(C)C)nn4C(=O)CN(C)C)C3)ncnc21. The third-order valence-corrected chi connectivity index (χ3v) is 6.76. The highest BCUT2D eigenvalue weighted by Gasteiger charge is 2.30. The Hall–Kier alpha value is -3.73. The number of aromatic nitrogens is 8. The number of imidazole rings is 1. The molecule has 37 heavy (non-hydrogen) atoms. The highest BCUT2D eigenvalue weighted by atomic mass is 16.2. The van der Waals surface area contributed by atoms with Gasteiger partial charge in [-0.3, -0.25) is 4.79 Å². The van der Waals surface area contributed by atoms with Crippen LogP contribution in [0.4, 0.5) is 5.82 Å². The molecule has 194 valence electrons. The minimum Gasteiger partial charge on any atom is -0.365 e. The Morgan fingerprint density at radius 1 is 1.19 bits per heavy atom. The molecule has 1 aliphatic carbocycles. The van der Waals surface area contributed by atoms with Gasteiger partial charge in [-0.05, 0) is 58.7 Å². The van der Waals surface area contributed by atoms with Crippen molar-refractivity contribution in [1.82, 2.24) is 44.2 Å². The van der Waals surface area contributed by atoms with Crippen LogP contribution < -0.4 is 5.32 Å². The van der Waals surface area contributed by atoms with Gasteiger partial charge in [-0.25, -0.2) is 29.6 Å². The summed E-state index contributed by atoms with van der Waals surface area (Å²) in [6, 6.07) is 0.141. The van der Waals surface area contributed by atoms with Crippen LogP contribution in [0.2, 0.25) is 0 Å². The number of carbonyl (C=O) groups excluding carboxylic acids is 1. The molecule has 4 aromatic heterocycles. The van der Waals surface area contributed by atoms with Crippen LogP contribution >= 0.6 is 0 Å². The maximum Gasteiger partial charge on any atom is 0.261 e. The van der Waals surface area contributed by atoms with Crippen molar-refractivity contribution >= 4 is 22.9 Å². The number of aryl methyl sites for hydroxylation is 2. The van der Waals surface area contributed by atoms with Gasteiger partial charge in [0.25, 0.3) is 5.91 Å². The normalized spacial score (nSPS) is 15.5. The summed E-state index contributed by atoms with van der Waals surface area (Å²) in [6.45, 7) is 9.23. The summed E-state index contributed by atoms with van der Waals surface area (Å²) >= 11 is 0. The zero-order valence-corrected chi connectivity index (χ0v) is 22.4. The molecule has 0 spiro atoms. The number of hydrogen-bond acceptors (Lipinski definition) is 9. The summed E-state index contributed by atoms with van der Waals surface area (Å²) in [5.74, 6) is 2.44. The molecule has 1 aliphatic rings. The molecule has 4 heterocycles. The molecule has 0 saturated heterocycles. The standard InChI is InChI=1S/C26H34N10O/c1-7-35-25(17-11-27-16(4)28-12-17)32-23-24(29-14-30-26(23)35)31-18-8-9-20-19(10-18)22(15(2)3)33-36(20)21(37)13-34(5)6/h11-12,14-15,18H,7-10,13H2,1-6H3,(H,29,30,31)/t18-/m1/s1. The summed E-state index contributed by atoms with van der Waals surface area (Å²) in [5.41, 5.74) is 5.56. The van der Waals surface area contributed by atoms with Crippen LogP contribution in [0.15, 0.2) is 18.7 Å². The van der Waals surface area contributed by atoms with E-state index in [0.29, 0.717) is 24.7 Å². The summed E-state index contributed by atoms with van der Waals surface area (Å²) in [6.07, 6.45) is 7.58. The predicted molar refractivity (Wildman–Crippen MR) is 142 cm³/mol. The quantitative estimate of drug-likeness (QED) is 0.406. The van der Waals surface area contributed by atoms with Gasteiger partial charge >= 0.3 is 0 Å². The van der Waals surface area contributed by atoms with E-state index in [2.05, 4.69) is 50.6 Å². The van der Waals surface area contributed by atoms with Crippen molar-refractivity contribution in [2.75, 3.05) is 26.0 Å². The first-order chi connectivity index (χ1) is 17.8. The monoisotopic (exact) mass is 502 g/mol. The van der Waals surface area contributed by atoms with Crippen molar-refractivity contribution < 1.29 is 4.79 Å². The van der Waals surface area contributed by atoms with Crippen molar-refractivity contribution in [2.45, 2.75) is 65.5 Å². The Bertz CT molecular complexity index is 1430. The number of anilines is 1. The van der Waals surface area contributed by atoms with Gasteiger partial charge in [0.15, 0.2) is 17.0 Å². The van der Waals surface area contributed by atoms with E-state index in [9.17, 15) is 4.79 Å². The predicted octanol–water partition coefficient (Wildman–Crippen LogP) is 3.10. The minimum absolute atomic E-state index is 0.00906. The molecule has 11 heteroatoms. The molecule has 0 amide bonds. The summed E-state index contributed by atoms with van der Waals surface area (Å²) in [7, 11) is 3.80. The fraction of sp³-hybridized carbons (Fsp3) is 0.500. The van der Waals surface area contributed by atoms with E-state index in [0.717, 1.165) is 53.2 Å². The molecule has 11 nitrogen and oxygen atoms in total. The molecule has 1 atom stereocenters. The number of likely N-dealkylation sites (N-methyl/N-ethyl adjacent to an activating group) is 1. The molecule has 4 aromatic rings. The number of hydrogen-bond donors (Lipinski definition) is 1. The Morgan fingerprint density at radius 2 is 1.95 bits per heavy atom. The van der Waals surface area contributed by atoms with Crippen LogP contribution in [-0.2, 0) is 19.4 Å². The first kappa shape index (κ1) is 24.9. The number of rotatable bonds is 7. The van der Waals surface area contributed by atoms with Crippen molar-refractivity contribution in [1.29, 1.82) is 0 Å². The van der Waals surface area contributed by atoms with Gasteiger partial charge < -0.3 is 14.8 Å². The van der Waals surface area contributed by atoms with Crippen molar-refractivity contribution in [2.24, 2.45) is 0 Å². The van der Waals surface area contributed by atoms with Gasteiger partial charge in [0.2, 0.25) is 0 Å². The van der Waals surface area contributed by atoms with E-state index in [4.69, 9.17) is 10.1 Å². The fourth-order valence-electron chi connectivity index (χ4n) is 5.04. The van der Waals surface area contributed by atoms with Gasteiger partial charge in [0, 0.05) is 25.0 Å². The van der Waals surface area contributed by atoms with Crippen molar-refractivity contribution in [3.63, 3.8) is 0 Å².